The highest BCUT2D eigenvalue weighted by Crippen LogP contribution is 2.29. The van der Waals surface area contributed by atoms with Crippen LogP contribution >= 0.6 is 0 Å². The quantitative estimate of drug-likeness (QED) is 0.474. The van der Waals surface area contributed by atoms with Gasteiger partial charge in [0.05, 0.1) is 26.5 Å². The van der Waals surface area contributed by atoms with E-state index >= 15 is 0 Å². The van der Waals surface area contributed by atoms with Gasteiger partial charge in [0.15, 0.2) is 11.5 Å². The zero-order chi connectivity index (χ0) is 24.9. The lowest BCUT2D eigenvalue weighted by Gasteiger charge is -2.36. The molecule has 0 saturated carbocycles. The van der Waals surface area contributed by atoms with E-state index in [0.717, 1.165) is 75.4 Å². The van der Waals surface area contributed by atoms with Crippen molar-refractivity contribution in [1.82, 2.24) is 14.9 Å². The number of rotatable bonds is 8. The molecule has 1 fully saturated rings. The third-order valence-electron chi connectivity index (χ3n) is 6.93. The first-order chi connectivity index (χ1) is 17.7. The van der Waals surface area contributed by atoms with Crippen LogP contribution in [0.2, 0.25) is 0 Å². The summed E-state index contributed by atoms with van der Waals surface area (Å²) in [6.45, 7) is 9.02. The summed E-state index contributed by atoms with van der Waals surface area (Å²) in [5.41, 5.74) is 4.84. The highest BCUT2D eigenvalue weighted by atomic mass is 16.5. The first kappa shape index (κ1) is 24.2. The average molecular weight is 490 g/mol. The highest BCUT2D eigenvalue weighted by molar-refractivity contribution is 5.51. The second kappa shape index (κ2) is 11.0. The van der Waals surface area contributed by atoms with Crippen molar-refractivity contribution < 1.29 is 14.2 Å². The molecule has 0 unspecified atom stereocenters. The van der Waals surface area contributed by atoms with Crippen molar-refractivity contribution in [3.63, 3.8) is 0 Å². The number of fused-ring (bicyclic) bond motifs is 1. The minimum absolute atomic E-state index is 0.624. The maximum absolute atomic E-state index is 5.65. The predicted molar refractivity (Wildman–Crippen MR) is 141 cm³/mol. The number of methoxy groups -OCH3 is 2. The van der Waals surface area contributed by atoms with Gasteiger partial charge in [-0.15, -0.1) is 0 Å². The molecule has 2 aliphatic heterocycles. The van der Waals surface area contributed by atoms with Gasteiger partial charge in [-0.2, -0.15) is 0 Å². The Bertz CT molecular complexity index is 1160. The van der Waals surface area contributed by atoms with Crippen LogP contribution in [0.5, 0.6) is 17.2 Å². The fourth-order valence-electron chi connectivity index (χ4n) is 4.95. The summed E-state index contributed by atoms with van der Waals surface area (Å²) in [7, 11) is 3.38. The van der Waals surface area contributed by atoms with Gasteiger partial charge in [-0.05, 0) is 48.9 Å². The van der Waals surface area contributed by atoms with E-state index in [9.17, 15) is 0 Å². The summed E-state index contributed by atoms with van der Waals surface area (Å²) in [6, 6.07) is 14.5. The molecule has 2 aliphatic rings. The molecular weight excluding hydrogens is 454 g/mol. The van der Waals surface area contributed by atoms with E-state index in [4.69, 9.17) is 24.2 Å². The zero-order valence-electron chi connectivity index (χ0n) is 21.4. The van der Waals surface area contributed by atoms with Gasteiger partial charge in [0.2, 0.25) is 5.95 Å². The molecule has 0 atom stereocenters. The van der Waals surface area contributed by atoms with Gasteiger partial charge >= 0.3 is 0 Å². The van der Waals surface area contributed by atoms with Crippen LogP contribution in [0.15, 0.2) is 48.7 Å². The Morgan fingerprint density at radius 2 is 1.64 bits per heavy atom. The first-order valence-corrected chi connectivity index (χ1v) is 12.7. The van der Waals surface area contributed by atoms with Crippen molar-refractivity contribution in [1.29, 1.82) is 0 Å². The molecule has 0 amide bonds. The summed E-state index contributed by atoms with van der Waals surface area (Å²) in [5.74, 6) is 3.32. The summed E-state index contributed by atoms with van der Waals surface area (Å²) >= 11 is 0. The fourth-order valence-corrected chi connectivity index (χ4v) is 4.95. The van der Waals surface area contributed by atoms with Gasteiger partial charge in [-0.3, -0.25) is 4.90 Å². The molecule has 0 spiro atoms. The van der Waals surface area contributed by atoms with Crippen molar-refractivity contribution in [3.05, 3.63) is 65.5 Å². The number of ether oxygens (including phenoxy) is 3. The van der Waals surface area contributed by atoms with Gasteiger partial charge in [0.25, 0.3) is 0 Å². The van der Waals surface area contributed by atoms with E-state index in [2.05, 4.69) is 39.0 Å². The molecule has 36 heavy (non-hydrogen) atoms. The maximum atomic E-state index is 5.65. The second-order valence-electron chi connectivity index (χ2n) is 9.19. The lowest BCUT2D eigenvalue weighted by molar-refractivity contribution is 0.242. The largest absolute Gasteiger partial charge is 0.497 e. The van der Waals surface area contributed by atoms with Crippen LogP contribution in [-0.4, -0.2) is 68.4 Å². The lowest BCUT2D eigenvalue weighted by atomic mass is 10.1. The summed E-state index contributed by atoms with van der Waals surface area (Å²) < 4.78 is 16.4. The van der Waals surface area contributed by atoms with E-state index in [-0.39, 0.29) is 0 Å². The Labute approximate surface area is 213 Å². The molecule has 2 aromatic carbocycles. The molecule has 5 rings (SSSR count). The number of hydrogen-bond acceptors (Lipinski definition) is 8. The second-order valence-corrected chi connectivity index (χ2v) is 9.19. The van der Waals surface area contributed by atoms with Crippen molar-refractivity contribution in [3.8, 4) is 17.2 Å². The number of piperazine rings is 1. The van der Waals surface area contributed by atoms with Gasteiger partial charge in [-0.1, -0.05) is 6.07 Å². The normalized spacial score (nSPS) is 16.0. The monoisotopic (exact) mass is 489 g/mol. The third-order valence-corrected chi connectivity index (χ3v) is 6.93. The van der Waals surface area contributed by atoms with Crippen LogP contribution in [0.1, 0.15) is 23.7 Å². The smallest absolute Gasteiger partial charge is 0.225 e. The van der Waals surface area contributed by atoms with Crippen LogP contribution in [0.4, 0.5) is 11.6 Å². The SMILES string of the molecule is CCOc1ccc(CN2CCc3nc(N4CCN(c5ccc(OC)cc5)CC4)ncc3C2)cc1OC. The highest BCUT2D eigenvalue weighted by Gasteiger charge is 2.23. The number of benzene rings is 2. The minimum Gasteiger partial charge on any atom is -0.497 e. The molecule has 0 bridgehead atoms. The zero-order valence-corrected chi connectivity index (χ0v) is 21.4. The lowest BCUT2D eigenvalue weighted by Crippen LogP contribution is -2.47. The molecule has 8 heteroatoms. The summed E-state index contributed by atoms with van der Waals surface area (Å²) in [5, 5.41) is 0. The Balaban J connectivity index is 1.18. The van der Waals surface area contributed by atoms with Crippen molar-refractivity contribution >= 4 is 11.6 Å². The maximum Gasteiger partial charge on any atom is 0.225 e. The molecule has 3 heterocycles. The average Bonchev–Trinajstić information content (AvgIpc) is 2.94. The standard InChI is InChI=1S/C28H35N5O3/c1-4-36-26-10-5-21(17-27(26)35-3)19-31-12-11-25-22(20-31)18-29-28(30-25)33-15-13-32(14-16-33)23-6-8-24(34-2)9-7-23/h5-10,17-18H,4,11-16,19-20H2,1-3H3. The van der Waals surface area contributed by atoms with Crippen LogP contribution in [0.25, 0.3) is 0 Å². The van der Waals surface area contributed by atoms with Crippen molar-refractivity contribution in [2.75, 3.05) is 63.4 Å². The van der Waals surface area contributed by atoms with Gasteiger partial charge in [-0.25, -0.2) is 9.97 Å². The molecule has 0 N–H and O–H groups in total. The van der Waals surface area contributed by atoms with Crippen LogP contribution in [-0.2, 0) is 19.5 Å². The topological polar surface area (TPSA) is 63.2 Å². The van der Waals surface area contributed by atoms with Gasteiger partial charge in [0, 0.05) is 69.7 Å². The number of aromatic nitrogens is 2. The predicted octanol–water partition coefficient (Wildman–Crippen LogP) is 3.78. The van der Waals surface area contributed by atoms with E-state index in [1.54, 1.807) is 14.2 Å². The van der Waals surface area contributed by atoms with Crippen molar-refractivity contribution in [2.24, 2.45) is 0 Å². The van der Waals surface area contributed by atoms with E-state index in [1.807, 2.05) is 31.3 Å². The molecule has 8 nitrogen and oxygen atoms in total. The molecule has 0 aliphatic carbocycles. The van der Waals surface area contributed by atoms with E-state index < -0.39 is 0 Å². The number of hydrogen-bond donors (Lipinski definition) is 0. The van der Waals surface area contributed by atoms with Crippen LogP contribution < -0.4 is 24.0 Å². The van der Waals surface area contributed by atoms with E-state index in [0.29, 0.717) is 6.61 Å². The fraction of sp³-hybridized carbons (Fsp3) is 0.429. The molecular formula is C28H35N5O3. The number of anilines is 2. The molecule has 1 saturated heterocycles. The minimum atomic E-state index is 0.624. The Hall–Kier alpha value is -3.52. The van der Waals surface area contributed by atoms with Crippen molar-refractivity contribution in [2.45, 2.75) is 26.4 Å². The first-order valence-electron chi connectivity index (χ1n) is 12.7. The number of nitrogens with zero attached hydrogens (tertiary/aromatic N) is 5. The third kappa shape index (κ3) is 5.33. The Kier molecular flexibility index (Phi) is 7.41. The van der Waals surface area contributed by atoms with E-state index in [1.165, 1.54) is 22.5 Å². The molecule has 1 aromatic heterocycles. The summed E-state index contributed by atoms with van der Waals surface area (Å²) in [4.78, 5) is 16.9. The van der Waals surface area contributed by atoms with Gasteiger partial charge < -0.3 is 24.0 Å². The van der Waals surface area contributed by atoms with Crippen LogP contribution in [0, 0.1) is 0 Å². The Morgan fingerprint density at radius 1 is 0.861 bits per heavy atom. The van der Waals surface area contributed by atoms with Gasteiger partial charge in [0.1, 0.15) is 5.75 Å². The summed E-state index contributed by atoms with van der Waals surface area (Å²) in [6.07, 6.45) is 2.96. The molecule has 0 radical (unpaired) electrons. The van der Waals surface area contributed by atoms with Crippen LogP contribution in [0.3, 0.4) is 0 Å². The molecule has 3 aromatic rings. The Morgan fingerprint density at radius 3 is 2.36 bits per heavy atom. The molecule has 190 valence electrons.